The molecule has 98 valence electrons. The van der Waals surface area contributed by atoms with Crippen molar-refractivity contribution in [2.75, 3.05) is 25.5 Å². The van der Waals surface area contributed by atoms with Gasteiger partial charge in [-0.3, -0.25) is 0 Å². The van der Waals surface area contributed by atoms with E-state index in [1.807, 2.05) is 6.07 Å². The van der Waals surface area contributed by atoms with Gasteiger partial charge in [-0.1, -0.05) is 18.5 Å². The number of nitrogens with one attached hydrogen (secondary N) is 1. The Kier molecular flexibility index (Phi) is 5.90. The summed E-state index contributed by atoms with van der Waals surface area (Å²) < 4.78 is 0. The first-order chi connectivity index (χ1) is 8.60. The monoisotopic (exact) mass is 266 g/mol. The number of aromatic nitrogens is 1. The van der Waals surface area contributed by atoms with Crippen LogP contribution in [-0.2, 0) is 0 Å². The lowest BCUT2D eigenvalue weighted by Crippen LogP contribution is -2.32. The number of rotatable bonds is 6. The van der Waals surface area contributed by atoms with Gasteiger partial charge in [-0.2, -0.15) is 5.26 Å². The molecule has 0 saturated carbocycles. The fourth-order valence-electron chi connectivity index (χ4n) is 1.54. The average Bonchev–Trinajstić information content (AvgIpc) is 2.39. The fourth-order valence-corrected chi connectivity index (χ4v) is 1.76. The number of likely N-dealkylation sites (N-methyl/N-ethyl adjacent to an activating group) is 1. The van der Waals surface area contributed by atoms with Crippen molar-refractivity contribution in [1.29, 1.82) is 5.26 Å². The van der Waals surface area contributed by atoms with Crippen molar-refractivity contribution in [3.63, 3.8) is 0 Å². The van der Waals surface area contributed by atoms with Crippen LogP contribution in [0.3, 0.4) is 0 Å². The maximum atomic E-state index is 8.86. The van der Waals surface area contributed by atoms with Crippen LogP contribution in [0, 0.1) is 11.3 Å². The van der Waals surface area contributed by atoms with Crippen molar-refractivity contribution in [1.82, 2.24) is 9.88 Å². The van der Waals surface area contributed by atoms with Crippen LogP contribution in [0.1, 0.15) is 25.8 Å². The molecule has 0 radical (unpaired) electrons. The summed E-state index contributed by atoms with van der Waals surface area (Å²) >= 11 is 6.05. The van der Waals surface area contributed by atoms with Gasteiger partial charge >= 0.3 is 0 Å². The van der Waals surface area contributed by atoms with Crippen molar-refractivity contribution in [2.24, 2.45) is 0 Å². The zero-order valence-corrected chi connectivity index (χ0v) is 11.8. The second kappa shape index (κ2) is 7.20. The highest BCUT2D eigenvalue weighted by Gasteiger charge is 2.08. The van der Waals surface area contributed by atoms with Gasteiger partial charge in [0.05, 0.1) is 5.56 Å². The van der Waals surface area contributed by atoms with E-state index in [2.05, 4.69) is 36.1 Å². The van der Waals surface area contributed by atoms with Crippen molar-refractivity contribution < 1.29 is 0 Å². The second-order valence-electron chi connectivity index (χ2n) is 4.30. The van der Waals surface area contributed by atoms with Crippen LogP contribution in [0.2, 0.25) is 5.02 Å². The van der Waals surface area contributed by atoms with Crippen molar-refractivity contribution >= 4 is 17.4 Å². The first-order valence-electron chi connectivity index (χ1n) is 6.08. The third kappa shape index (κ3) is 3.86. The van der Waals surface area contributed by atoms with Crippen LogP contribution in [0.25, 0.3) is 0 Å². The molecule has 18 heavy (non-hydrogen) atoms. The minimum Gasteiger partial charge on any atom is -0.368 e. The Bertz CT molecular complexity index is 427. The van der Waals surface area contributed by atoms with E-state index in [0.29, 0.717) is 22.4 Å². The first kappa shape index (κ1) is 14.7. The normalized spacial score (nSPS) is 12.2. The Morgan fingerprint density at radius 1 is 1.61 bits per heavy atom. The summed E-state index contributed by atoms with van der Waals surface area (Å²) in [6, 6.07) is 4.21. The molecular weight excluding hydrogens is 248 g/mol. The van der Waals surface area contributed by atoms with E-state index < -0.39 is 0 Å². The van der Waals surface area contributed by atoms with Crippen LogP contribution in [0.4, 0.5) is 5.82 Å². The molecule has 1 N–H and O–H groups in total. The standard InChI is InChI=1S/C13H19ClN4/c1-4-10(2)18(3)8-7-17-13-12(14)11(9-15)5-6-16-13/h5-6,10H,4,7-8H2,1-3H3,(H,16,17). The van der Waals surface area contributed by atoms with Crippen molar-refractivity contribution in [3.8, 4) is 6.07 Å². The highest BCUT2D eigenvalue weighted by molar-refractivity contribution is 6.34. The van der Waals surface area contributed by atoms with Gasteiger partial charge < -0.3 is 10.2 Å². The molecule has 0 spiro atoms. The smallest absolute Gasteiger partial charge is 0.146 e. The van der Waals surface area contributed by atoms with Gasteiger partial charge in [-0.15, -0.1) is 0 Å². The number of hydrogen-bond donors (Lipinski definition) is 1. The van der Waals surface area contributed by atoms with Gasteiger partial charge in [0.2, 0.25) is 0 Å². The third-order valence-corrected chi connectivity index (χ3v) is 3.49. The molecule has 1 atom stereocenters. The summed E-state index contributed by atoms with van der Waals surface area (Å²) in [4.78, 5) is 6.41. The molecule has 1 heterocycles. The Morgan fingerprint density at radius 3 is 2.94 bits per heavy atom. The highest BCUT2D eigenvalue weighted by Crippen LogP contribution is 2.22. The molecule has 1 aromatic heterocycles. The van der Waals surface area contributed by atoms with E-state index in [4.69, 9.17) is 16.9 Å². The highest BCUT2D eigenvalue weighted by atomic mass is 35.5. The number of nitrogens with zero attached hydrogens (tertiary/aromatic N) is 3. The maximum Gasteiger partial charge on any atom is 0.146 e. The molecule has 0 aliphatic rings. The Morgan fingerprint density at radius 2 is 2.33 bits per heavy atom. The lowest BCUT2D eigenvalue weighted by atomic mass is 10.2. The molecular formula is C13H19ClN4. The maximum absolute atomic E-state index is 8.86. The Hall–Kier alpha value is -1.31. The number of anilines is 1. The summed E-state index contributed by atoms with van der Waals surface area (Å²) in [5.41, 5.74) is 0.449. The summed E-state index contributed by atoms with van der Waals surface area (Å²) in [6.07, 6.45) is 2.71. The van der Waals surface area contributed by atoms with Gasteiger partial charge in [-0.25, -0.2) is 4.98 Å². The summed E-state index contributed by atoms with van der Waals surface area (Å²) in [5, 5.41) is 12.4. The van der Waals surface area contributed by atoms with E-state index >= 15 is 0 Å². The Balaban J connectivity index is 2.52. The lowest BCUT2D eigenvalue weighted by Gasteiger charge is -2.23. The van der Waals surface area contributed by atoms with E-state index in [0.717, 1.165) is 19.5 Å². The molecule has 1 rings (SSSR count). The van der Waals surface area contributed by atoms with E-state index in [1.165, 1.54) is 0 Å². The molecule has 0 aliphatic carbocycles. The van der Waals surface area contributed by atoms with E-state index in [9.17, 15) is 0 Å². The summed E-state index contributed by atoms with van der Waals surface area (Å²) in [5.74, 6) is 0.577. The molecule has 0 aromatic carbocycles. The van der Waals surface area contributed by atoms with Crippen molar-refractivity contribution in [2.45, 2.75) is 26.3 Å². The van der Waals surface area contributed by atoms with Crippen LogP contribution in [-0.4, -0.2) is 36.1 Å². The molecule has 0 aliphatic heterocycles. The topological polar surface area (TPSA) is 52.0 Å². The number of hydrogen-bond acceptors (Lipinski definition) is 4. The fraction of sp³-hybridized carbons (Fsp3) is 0.538. The zero-order chi connectivity index (χ0) is 13.5. The molecule has 0 bridgehead atoms. The van der Waals surface area contributed by atoms with Gasteiger partial charge in [0.1, 0.15) is 16.9 Å². The summed E-state index contributed by atoms with van der Waals surface area (Å²) in [6.45, 7) is 6.02. The molecule has 1 aromatic rings. The molecule has 5 heteroatoms. The van der Waals surface area contributed by atoms with E-state index in [1.54, 1.807) is 12.3 Å². The van der Waals surface area contributed by atoms with Crippen molar-refractivity contribution in [3.05, 3.63) is 22.8 Å². The van der Waals surface area contributed by atoms with Crippen LogP contribution in [0.5, 0.6) is 0 Å². The predicted octanol–water partition coefficient (Wildman–Crippen LogP) is 2.75. The SMILES string of the molecule is CCC(C)N(C)CCNc1nccc(C#N)c1Cl. The minimum absolute atomic E-state index is 0.395. The van der Waals surface area contributed by atoms with Crippen LogP contribution in [0.15, 0.2) is 12.3 Å². The molecule has 0 saturated heterocycles. The number of halogens is 1. The quantitative estimate of drug-likeness (QED) is 0.860. The third-order valence-electron chi connectivity index (χ3n) is 3.11. The molecule has 1 unspecified atom stereocenters. The summed E-state index contributed by atoms with van der Waals surface area (Å²) in [7, 11) is 2.09. The van der Waals surface area contributed by atoms with Crippen LogP contribution >= 0.6 is 11.6 Å². The average molecular weight is 267 g/mol. The predicted molar refractivity (Wildman–Crippen MR) is 74.8 cm³/mol. The van der Waals surface area contributed by atoms with Gasteiger partial charge in [-0.05, 0) is 26.5 Å². The molecule has 0 fully saturated rings. The number of nitriles is 1. The lowest BCUT2D eigenvalue weighted by molar-refractivity contribution is 0.261. The van der Waals surface area contributed by atoms with Gasteiger partial charge in [0.15, 0.2) is 0 Å². The molecule has 0 amide bonds. The van der Waals surface area contributed by atoms with E-state index in [-0.39, 0.29) is 0 Å². The zero-order valence-electron chi connectivity index (χ0n) is 11.1. The van der Waals surface area contributed by atoms with Gasteiger partial charge in [0, 0.05) is 25.3 Å². The largest absolute Gasteiger partial charge is 0.368 e. The number of pyridine rings is 1. The van der Waals surface area contributed by atoms with Crippen LogP contribution < -0.4 is 5.32 Å². The van der Waals surface area contributed by atoms with Gasteiger partial charge in [0.25, 0.3) is 0 Å². The minimum atomic E-state index is 0.395. The Labute approximate surface area is 114 Å². The second-order valence-corrected chi connectivity index (χ2v) is 4.68. The first-order valence-corrected chi connectivity index (χ1v) is 6.46. The molecule has 4 nitrogen and oxygen atoms in total.